The van der Waals surface area contributed by atoms with Gasteiger partial charge in [0.25, 0.3) is 0 Å². The van der Waals surface area contributed by atoms with Crippen molar-refractivity contribution < 1.29 is 0 Å². The van der Waals surface area contributed by atoms with Crippen molar-refractivity contribution in [3.8, 4) is 0 Å². The first kappa shape index (κ1) is 14.5. The molecule has 0 aliphatic carbocycles. The maximum atomic E-state index is 4.37. The summed E-state index contributed by atoms with van der Waals surface area (Å²) in [7, 11) is 0. The van der Waals surface area contributed by atoms with E-state index >= 15 is 0 Å². The summed E-state index contributed by atoms with van der Waals surface area (Å²) in [4.78, 5) is 6.87. The van der Waals surface area contributed by atoms with Gasteiger partial charge in [-0.25, -0.2) is 9.67 Å². The predicted molar refractivity (Wildman–Crippen MR) is 76.8 cm³/mol. The van der Waals surface area contributed by atoms with Gasteiger partial charge in [-0.3, -0.25) is 4.90 Å². The monoisotopic (exact) mass is 265 g/mol. The zero-order chi connectivity index (χ0) is 13.7. The number of nitrogens with zero attached hydrogens (tertiary/aromatic N) is 4. The number of likely N-dealkylation sites (tertiary alicyclic amines) is 1. The SMILES string of the molecule is CCCNC1CCN(Cc2ncnn2CC)CC1C. The average molecular weight is 265 g/mol. The lowest BCUT2D eigenvalue weighted by molar-refractivity contribution is 0.136. The minimum atomic E-state index is 0.681. The summed E-state index contributed by atoms with van der Waals surface area (Å²) in [5, 5.41) is 7.90. The van der Waals surface area contributed by atoms with Crippen LogP contribution in [0.1, 0.15) is 39.4 Å². The van der Waals surface area contributed by atoms with E-state index in [-0.39, 0.29) is 0 Å². The lowest BCUT2D eigenvalue weighted by atomic mass is 9.93. The summed E-state index contributed by atoms with van der Waals surface area (Å²) in [6, 6.07) is 0.681. The van der Waals surface area contributed by atoms with Gasteiger partial charge in [0.2, 0.25) is 0 Å². The lowest BCUT2D eigenvalue weighted by Crippen LogP contribution is -2.48. The van der Waals surface area contributed by atoms with Crippen LogP contribution in [0.2, 0.25) is 0 Å². The molecule has 2 rings (SSSR count). The first-order valence-electron chi connectivity index (χ1n) is 7.57. The molecular formula is C14H27N5. The van der Waals surface area contributed by atoms with Gasteiger partial charge in [0, 0.05) is 25.7 Å². The second-order valence-corrected chi connectivity index (χ2v) is 5.55. The van der Waals surface area contributed by atoms with Crippen LogP contribution in [-0.2, 0) is 13.1 Å². The van der Waals surface area contributed by atoms with E-state index in [4.69, 9.17) is 0 Å². The first-order chi connectivity index (χ1) is 9.24. The quantitative estimate of drug-likeness (QED) is 0.847. The Balaban J connectivity index is 1.84. The van der Waals surface area contributed by atoms with Gasteiger partial charge in [-0.1, -0.05) is 13.8 Å². The van der Waals surface area contributed by atoms with Gasteiger partial charge in [0.1, 0.15) is 12.2 Å². The maximum Gasteiger partial charge on any atom is 0.140 e. The molecule has 2 unspecified atom stereocenters. The summed E-state index contributed by atoms with van der Waals surface area (Å²) in [5.41, 5.74) is 0. The number of piperidine rings is 1. The number of aromatic nitrogens is 3. The second kappa shape index (κ2) is 7.01. The van der Waals surface area contributed by atoms with E-state index in [0.717, 1.165) is 38.5 Å². The first-order valence-corrected chi connectivity index (χ1v) is 7.57. The molecule has 1 aliphatic heterocycles. The Morgan fingerprint density at radius 1 is 1.42 bits per heavy atom. The molecule has 0 radical (unpaired) electrons. The van der Waals surface area contributed by atoms with E-state index in [9.17, 15) is 0 Å². The smallest absolute Gasteiger partial charge is 0.140 e. The Labute approximate surface area is 116 Å². The lowest BCUT2D eigenvalue weighted by Gasteiger charge is -2.37. The molecule has 0 saturated carbocycles. The van der Waals surface area contributed by atoms with Crippen LogP contribution in [0.15, 0.2) is 6.33 Å². The molecule has 1 N–H and O–H groups in total. The van der Waals surface area contributed by atoms with Crippen LogP contribution in [0.4, 0.5) is 0 Å². The molecule has 0 amide bonds. The molecule has 0 bridgehead atoms. The van der Waals surface area contributed by atoms with Crippen molar-refractivity contribution in [1.82, 2.24) is 25.0 Å². The van der Waals surface area contributed by atoms with Gasteiger partial charge in [-0.05, 0) is 32.2 Å². The molecule has 19 heavy (non-hydrogen) atoms. The number of aryl methyl sites for hydroxylation is 1. The van der Waals surface area contributed by atoms with E-state index in [2.05, 4.69) is 41.1 Å². The maximum absolute atomic E-state index is 4.37. The molecule has 5 heteroatoms. The predicted octanol–water partition coefficient (Wildman–Crippen LogP) is 1.51. The number of hydrogen-bond donors (Lipinski definition) is 1. The van der Waals surface area contributed by atoms with Crippen LogP contribution in [0.5, 0.6) is 0 Å². The van der Waals surface area contributed by atoms with Crippen LogP contribution >= 0.6 is 0 Å². The van der Waals surface area contributed by atoms with Gasteiger partial charge in [-0.2, -0.15) is 5.10 Å². The van der Waals surface area contributed by atoms with E-state index < -0.39 is 0 Å². The molecular weight excluding hydrogens is 238 g/mol. The normalized spacial score (nSPS) is 24.8. The zero-order valence-corrected chi connectivity index (χ0v) is 12.5. The number of hydrogen-bond acceptors (Lipinski definition) is 4. The molecule has 1 aromatic rings. The van der Waals surface area contributed by atoms with Crippen LogP contribution in [0, 0.1) is 5.92 Å². The molecule has 1 aliphatic rings. The Morgan fingerprint density at radius 2 is 2.26 bits per heavy atom. The fourth-order valence-corrected chi connectivity index (χ4v) is 2.88. The van der Waals surface area contributed by atoms with Gasteiger partial charge in [0.15, 0.2) is 0 Å². The highest BCUT2D eigenvalue weighted by atomic mass is 15.3. The van der Waals surface area contributed by atoms with Crippen molar-refractivity contribution in [1.29, 1.82) is 0 Å². The summed E-state index contributed by atoms with van der Waals surface area (Å²) >= 11 is 0. The largest absolute Gasteiger partial charge is 0.314 e. The Bertz CT molecular complexity index is 376. The summed E-state index contributed by atoms with van der Waals surface area (Å²) in [6.45, 7) is 12.0. The van der Waals surface area contributed by atoms with Crippen molar-refractivity contribution in [2.75, 3.05) is 19.6 Å². The average Bonchev–Trinajstić information content (AvgIpc) is 2.85. The van der Waals surface area contributed by atoms with Crippen LogP contribution < -0.4 is 5.32 Å². The van der Waals surface area contributed by atoms with E-state index in [1.165, 1.54) is 12.8 Å². The van der Waals surface area contributed by atoms with Crippen molar-refractivity contribution in [3.63, 3.8) is 0 Å². The van der Waals surface area contributed by atoms with E-state index in [1.54, 1.807) is 6.33 Å². The molecule has 0 aromatic carbocycles. The van der Waals surface area contributed by atoms with Gasteiger partial charge < -0.3 is 5.32 Å². The Hall–Kier alpha value is -0.940. The van der Waals surface area contributed by atoms with Crippen molar-refractivity contribution in [3.05, 3.63) is 12.2 Å². The molecule has 1 fully saturated rings. The topological polar surface area (TPSA) is 46.0 Å². The van der Waals surface area contributed by atoms with Crippen molar-refractivity contribution in [2.24, 2.45) is 5.92 Å². The third-order valence-corrected chi connectivity index (χ3v) is 4.01. The van der Waals surface area contributed by atoms with Gasteiger partial charge in [0.05, 0.1) is 6.54 Å². The third-order valence-electron chi connectivity index (χ3n) is 4.01. The van der Waals surface area contributed by atoms with Crippen LogP contribution in [0.25, 0.3) is 0 Å². The molecule has 2 atom stereocenters. The Kier molecular flexibility index (Phi) is 5.34. The highest BCUT2D eigenvalue weighted by Crippen LogP contribution is 2.18. The highest BCUT2D eigenvalue weighted by molar-refractivity contribution is 4.89. The Morgan fingerprint density at radius 3 is 2.95 bits per heavy atom. The summed E-state index contributed by atoms with van der Waals surface area (Å²) in [6.07, 6.45) is 4.12. The third kappa shape index (κ3) is 3.76. The summed E-state index contributed by atoms with van der Waals surface area (Å²) in [5.74, 6) is 1.80. The van der Waals surface area contributed by atoms with Gasteiger partial charge >= 0.3 is 0 Å². The van der Waals surface area contributed by atoms with E-state index in [0.29, 0.717) is 12.0 Å². The minimum Gasteiger partial charge on any atom is -0.314 e. The molecule has 1 saturated heterocycles. The standard InChI is InChI=1S/C14H27N5/c1-4-7-15-13-6-8-18(9-12(13)3)10-14-16-11-17-19(14)5-2/h11-13,15H,4-10H2,1-3H3. The molecule has 1 aromatic heterocycles. The fourth-order valence-electron chi connectivity index (χ4n) is 2.88. The molecule has 5 nitrogen and oxygen atoms in total. The zero-order valence-electron chi connectivity index (χ0n) is 12.5. The minimum absolute atomic E-state index is 0.681. The van der Waals surface area contributed by atoms with E-state index in [1.807, 2.05) is 4.68 Å². The highest BCUT2D eigenvalue weighted by Gasteiger charge is 2.26. The summed E-state index contributed by atoms with van der Waals surface area (Å²) < 4.78 is 1.99. The van der Waals surface area contributed by atoms with Crippen LogP contribution in [-0.4, -0.2) is 45.3 Å². The van der Waals surface area contributed by atoms with Crippen LogP contribution in [0.3, 0.4) is 0 Å². The number of rotatable bonds is 6. The van der Waals surface area contributed by atoms with Crippen molar-refractivity contribution >= 4 is 0 Å². The number of nitrogens with one attached hydrogen (secondary N) is 1. The second-order valence-electron chi connectivity index (χ2n) is 5.55. The fraction of sp³-hybridized carbons (Fsp3) is 0.857. The molecule has 0 spiro atoms. The van der Waals surface area contributed by atoms with Crippen molar-refractivity contribution in [2.45, 2.75) is 52.7 Å². The molecule has 108 valence electrons. The van der Waals surface area contributed by atoms with Gasteiger partial charge in [-0.15, -0.1) is 0 Å². The molecule has 2 heterocycles.